The van der Waals surface area contributed by atoms with Gasteiger partial charge in [-0.1, -0.05) is 17.7 Å². The maximum Gasteiger partial charge on any atom is 0.0407 e. The average molecular weight is 339 g/mol. The largest absolute Gasteiger partial charge is 0.399 e. The van der Waals surface area contributed by atoms with E-state index >= 15 is 0 Å². The third kappa shape index (κ3) is 11.3. The Morgan fingerprint density at radius 2 is 1.47 bits per heavy atom. The first kappa shape index (κ1) is 18.4. The minimum Gasteiger partial charge on any atom is -0.399 e. The molecule has 0 atom stereocenters. The molecule has 2 N–H and O–H groups in total. The molecule has 0 aliphatic heterocycles. The molecule has 17 heavy (non-hydrogen) atoms. The van der Waals surface area contributed by atoms with E-state index in [1.807, 2.05) is 18.2 Å². The van der Waals surface area contributed by atoms with Gasteiger partial charge >= 0.3 is 0 Å². The van der Waals surface area contributed by atoms with Crippen LogP contribution in [0.5, 0.6) is 0 Å². The van der Waals surface area contributed by atoms with E-state index in [0.717, 1.165) is 10.7 Å². The van der Waals surface area contributed by atoms with E-state index < -0.39 is 0 Å². The summed E-state index contributed by atoms with van der Waals surface area (Å²) in [5.74, 6) is 0. The summed E-state index contributed by atoms with van der Waals surface area (Å²) in [4.78, 5) is 3.78. The maximum absolute atomic E-state index is 5.56. The summed E-state index contributed by atoms with van der Waals surface area (Å²) in [6.07, 6.45) is 3.50. The molecule has 0 bridgehead atoms. The summed E-state index contributed by atoms with van der Waals surface area (Å²) in [5, 5.41) is 0.721. The monoisotopic (exact) mass is 338 g/mol. The van der Waals surface area contributed by atoms with E-state index in [0.29, 0.717) is 0 Å². The van der Waals surface area contributed by atoms with Gasteiger partial charge in [0, 0.05) is 42.6 Å². The van der Waals surface area contributed by atoms with Crippen LogP contribution in [0, 0.1) is 6.92 Å². The Kier molecular flexibility index (Phi) is 14.3. The van der Waals surface area contributed by atoms with E-state index in [2.05, 4.69) is 11.9 Å². The van der Waals surface area contributed by atoms with Gasteiger partial charge in [0.05, 0.1) is 0 Å². The molecule has 95 valence electrons. The van der Waals surface area contributed by atoms with Crippen LogP contribution in [-0.2, 0) is 19.5 Å². The molecule has 2 aromatic rings. The summed E-state index contributed by atoms with van der Waals surface area (Å²) >= 11 is 5.56. The van der Waals surface area contributed by atoms with Crippen LogP contribution in [0.1, 0.15) is 6.92 Å². The summed E-state index contributed by atoms with van der Waals surface area (Å²) in [5.41, 5.74) is 6.11. The fourth-order valence-corrected chi connectivity index (χ4v) is 0.901. The molecule has 4 heteroatoms. The molecule has 1 radical (unpaired) electrons. The number of nitrogen functional groups attached to an aromatic ring is 1. The van der Waals surface area contributed by atoms with Crippen molar-refractivity contribution < 1.29 is 19.5 Å². The Hall–Kier alpha value is -0.917. The number of nitrogens with two attached hydrogens (primary N) is 1. The second-order valence-electron chi connectivity index (χ2n) is 2.58. The number of anilines is 1. The molecule has 0 saturated carbocycles. The summed E-state index contributed by atoms with van der Waals surface area (Å²) in [6.45, 7) is 5.00. The fraction of sp³-hybridized carbons (Fsp3) is 0.0769. The molecule has 1 aromatic carbocycles. The summed E-state index contributed by atoms with van der Waals surface area (Å²) < 4.78 is 0. The van der Waals surface area contributed by atoms with Crippen LogP contribution in [0.15, 0.2) is 54.9 Å². The molecular weight excluding hydrogens is 323 g/mol. The minimum absolute atomic E-state index is 0. The first-order valence-electron chi connectivity index (χ1n) is 4.86. The normalized spacial score (nSPS) is 7.47. The zero-order valence-corrected chi connectivity index (χ0v) is 12.0. The quantitative estimate of drug-likeness (QED) is 0.450. The van der Waals surface area contributed by atoms with Crippen LogP contribution in [0.3, 0.4) is 0 Å². The molecule has 0 unspecified atom stereocenters. The molecule has 0 saturated heterocycles. The predicted octanol–water partition coefficient (Wildman–Crippen LogP) is 3.84. The number of hydrogen-bond donors (Lipinski definition) is 1. The van der Waals surface area contributed by atoms with E-state index in [1.165, 1.54) is 0 Å². The Balaban J connectivity index is 0. The van der Waals surface area contributed by atoms with Crippen molar-refractivity contribution >= 4 is 17.3 Å². The Morgan fingerprint density at radius 3 is 1.71 bits per heavy atom. The van der Waals surface area contributed by atoms with Gasteiger partial charge in [-0.05, 0) is 36.4 Å². The first-order valence-corrected chi connectivity index (χ1v) is 5.23. The van der Waals surface area contributed by atoms with Gasteiger partial charge in [-0.2, -0.15) is 6.92 Å². The van der Waals surface area contributed by atoms with Crippen molar-refractivity contribution in [3.05, 3.63) is 66.8 Å². The van der Waals surface area contributed by atoms with Crippen molar-refractivity contribution in [3.8, 4) is 0 Å². The van der Waals surface area contributed by atoms with Gasteiger partial charge in [0.25, 0.3) is 0 Å². The minimum atomic E-state index is 0. The van der Waals surface area contributed by atoms with Crippen LogP contribution >= 0.6 is 11.6 Å². The zero-order valence-electron chi connectivity index (χ0n) is 9.64. The number of hydrogen-bond acceptors (Lipinski definition) is 2. The number of pyridine rings is 1. The molecule has 0 amide bonds. The topological polar surface area (TPSA) is 38.9 Å². The Labute approximate surface area is 121 Å². The van der Waals surface area contributed by atoms with Crippen molar-refractivity contribution in [2.24, 2.45) is 0 Å². The van der Waals surface area contributed by atoms with Crippen molar-refractivity contribution in [1.82, 2.24) is 4.98 Å². The molecule has 0 aliphatic carbocycles. The van der Waals surface area contributed by atoms with Crippen LogP contribution < -0.4 is 5.73 Å². The van der Waals surface area contributed by atoms with E-state index in [9.17, 15) is 0 Å². The molecule has 2 nitrogen and oxygen atoms in total. The standard InChI is InChI=1S/C6H6ClN.C5H5N.C2H5.Rh/c7-5-1-3-6(8)4-2-5;1-2-4-6-5-3-1;1-2;/h1-4H,8H2;1-5H;1H2,2H3;/q;;-1;. The van der Waals surface area contributed by atoms with Gasteiger partial charge in [0.15, 0.2) is 0 Å². The molecule has 0 fully saturated rings. The van der Waals surface area contributed by atoms with Crippen molar-refractivity contribution in [1.29, 1.82) is 0 Å². The van der Waals surface area contributed by atoms with Crippen molar-refractivity contribution in [3.63, 3.8) is 0 Å². The molecule has 0 spiro atoms. The first-order chi connectivity index (χ1) is 7.79. The number of benzene rings is 1. The van der Waals surface area contributed by atoms with Crippen molar-refractivity contribution in [2.45, 2.75) is 6.92 Å². The summed E-state index contributed by atoms with van der Waals surface area (Å²) in [6, 6.07) is 12.8. The van der Waals surface area contributed by atoms with Gasteiger partial charge in [0.2, 0.25) is 0 Å². The molecule has 1 heterocycles. The van der Waals surface area contributed by atoms with Crippen LogP contribution in [0.25, 0.3) is 0 Å². The van der Waals surface area contributed by atoms with Gasteiger partial charge in [-0.25, -0.2) is 0 Å². The fourth-order valence-electron chi connectivity index (χ4n) is 0.775. The van der Waals surface area contributed by atoms with Crippen LogP contribution in [0.4, 0.5) is 5.69 Å². The predicted molar refractivity (Wildman–Crippen MR) is 71.1 cm³/mol. The number of rotatable bonds is 0. The SMILES string of the molecule is Nc1ccc(Cl)cc1.[CH2-]C.[Rh].c1ccncc1. The van der Waals surface area contributed by atoms with Gasteiger partial charge in [0.1, 0.15) is 0 Å². The van der Waals surface area contributed by atoms with Crippen LogP contribution in [0.2, 0.25) is 5.02 Å². The molecule has 2 rings (SSSR count). The van der Waals surface area contributed by atoms with Crippen molar-refractivity contribution in [2.75, 3.05) is 5.73 Å². The Morgan fingerprint density at radius 1 is 1.00 bits per heavy atom. The third-order valence-electron chi connectivity index (χ3n) is 1.44. The second kappa shape index (κ2) is 13.1. The van der Waals surface area contributed by atoms with Gasteiger partial charge in [-0.15, -0.1) is 0 Å². The number of aromatic nitrogens is 1. The summed E-state index contributed by atoms with van der Waals surface area (Å²) in [7, 11) is 0. The van der Waals surface area contributed by atoms with E-state index in [1.54, 1.807) is 43.6 Å². The number of nitrogens with zero attached hydrogens (tertiary/aromatic N) is 1. The number of halogens is 1. The third-order valence-corrected chi connectivity index (χ3v) is 1.69. The molecular formula is C13H16ClN2Rh-. The van der Waals surface area contributed by atoms with Crippen LogP contribution in [-0.4, -0.2) is 4.98 Å². The zero-order chi connectivity index (χ0) is 12.2. The average Bonchev–Trinajstić information content (AvgIpc) is 2.38. The van der Waals surface area contributed by atoms with E-state index in [4.69, 9.17) is 17.3 Å². The molecule has 1 aromatic heterocycles. The maximum atomic E-state index is 5.56. The smallest absolute Gasteiger partial charge is 0.0407 e. The van der Waals surface area contributed by atoms with E-state index in [-0.39, 0.29) is 19.5 Å². The second-order valence-corrected chi connectivity index (χ2v) is 3.01. The van der Waals surface area contributed by atoms with Gasteiger partial charge in [-0.3, -0.25) is 4.98 Å². The molecule has 0 aliphatic rings. The Bertz CT molecular complexity index is 304. The van der Waals surface area contributed by atoms with Gasteiger partial charge < -0.3 is 12.7 Å².